The quantitative estimate of drug-likeness (QED) is 0.593. The average molecular weight is 432 g/mol. The lowest BCUT2D eigenvalue weighted by molar-refractivity contribution is -0.117. The molecule has 3 N–H and O–H groups in total. The van der Waals surface area contributed by atoms with Crippen molar-refractivity contribution in [2.24, 2.45) is 0 Å². The molecule has 1 atom stereocenters. The second-order valence-corrected chi connectivity index (χ2v) is 8.31. The SMILES string of the molecule is CC(CC(=O)Nc1cccc(Cl)c1C(=O)Nc1ccccc1)N(C(=O)O)C(C)(C)C. The van der Waals surface area contributed by atoms with Gasteiger partial charge in [0.25, 0.3) is 5.91 Å². The second kappa shape index (κ2) is 9.63. The fraction of sp³-hybridized carbons (Fsp3) is 0.318. The molecule has 0 spiro atoms. The summed E-state index contributed by atoms with van der Waals surface area (Å²) < 4.78 is 0. The van der Waals surface area contributed by atoms with Gasteiger partial charge < -0.3 is 20.6 Å². The number of para-hydroxylation sites is 1. The van der Waals surface area contributed by atoms with Gasteiger partial charge >= 0.3 is 6.09 Å². The topological polar surface area (TPSA) is 98.7 Å². The van der Waals surface area contributed by atoms with Crippen LogP contribution in [0.3, 0.4) is 0 Å². The van der Waals surface area contributed by atoms with E-state index in [-0.39, 0.29) is 22.7 Å². The van der Waals surface area contributed by atoms with Crippen molar-refractivity contribution in [3.05, 3.63) is 59.1 Å². The molecule has 8 heteroatoms. The fourth-order valence-electron chi connectivity index (χ4n) is 3.27. The Morgan fingerprint density at radius 1 is 1.03 bits per heavy atom. The Kier molecular flexibility index (Phi) is 7.45. The number of anilines is 2. The van der Waals surface area contributed by atoms with Crippen LogP contribution in [0.1, 0.15) is 44.5 Å². The summed E-state index contributed by atoms with van der Waals surface area (Å²) in [5.74, 6) is -0.883. The normalized spacial score (nSPS) is 12.0. The van der Waals surface area contributed by atoms with E-state index >= 15 is 0 Å². The van der Waals surface area contributed by atoms with Crippen molar-refractivity contribution in [2.75, 3.05) is 10.6 Å². The van der Waals surface area contributed by atoms with Gasteiger partial charge in [0.2, 0.25) is 5.91 Å². The van der Waals surface area contributed by atoms with E-state index in [1.54, 1.807) is 70.2 Å². The zero-order valence-electron chi connectivity index (χ0n) is 17.4. The minimum absolute atomic E-state index is 0.0736. The van der Waals surface area contributed by atoms with Crippen LogP contribution in [-0.4, -0.2) is 39.5 Å². The fourth-order valence-corrected chi connectivity index (χ4v) is 3.53. The van der Waals surface area contributed by atoms with E-state index in [1.165, 1.54) is 4.90 Å². The number of rotatable bonds is 6. The van der Waals surface area contributed by atoms with Crippen LogP contribution in [0.15, 0.2) is 48.5 Å². The van der Waals surface area contributed by atoms with Crippen LogP contribution in [0, 0.1) is 0 Å². The largest absolute Gasteiger partial charge is 0.465 e. The molecule has 0 heterocycles. The van der Waals surface area contributed by atoms with E-state index in [0.29, 0.717) is 5.69 Å². The molecule has 0 aliphatic heterocycles. The summed E-state index contributed by atoms with van der Waals surface area (Å²) in [6.45, 7) is 6.95. The molecule has 7 nitrogen and oxygen atoms in total. The Balaban J connectivity index is 2.18. The summed E-state index contributed by atoms with van der Waals surface area (Å²) in [7, 11) is 0. The first-order valence-corrected chi connectivity index (χ1v) is 9.85. The van der Waals surface area contributed by atoms with Crippen molar-refractivity contribution in [1.29, 1.82) is 0 Å². The lowest BCUT2D eigenvalue weighted by Gasteiger charge is -2.37. The number of carboxylic acid groups (broad SMARTS) is 1. The van der Waals surface area contributed by atoms with Gasteiger partial charge in [0.05, 0.1) is 16.3 Å². The molecule has 0 saturated heterocycles. The van der Waals surface area contributed by atoms with Crippen LogP contribution in [0.4, 0.5) is 16.2 Å². The monoisotopic (exact) mass is 431 g/mol. The van der Waals surface area contributed by atoms with Gasteiger partial charge in [0.1, 0.15) is 0 Å². The molecule has 2 aromatic carbocycles. The van der Waals surface area contributed by atoms with Gasteiger partial charge in [0, 0.05) is 23.7 Å². The molecule has 160 valence electrons. The van der Waals surface area contributed by atoms with Crippen LogP contribution in [-0.2, 0) is 4.79 Å². The summed E-state index contributed by atoms with van der Waals surface area (Å²) in [5, 5.41) is 15.1. The number of carbonyl (C=O) groups excluding carboxylic acids is 2. The van der Waals surface area contributed by atoms with Gasteiger partial charge in [-0.25, -0.2) is 4.79 Å². The van der Waals surface area contributed by atoms with Crippen molar-refractivity contribution in [2.45, 2.75) is 45.7 Å². The van der Waals surface area contributed by atoms with Crippen molar-refractivity contribution in [1.82, 2.24) is 4.90 Å². The zero-order valence-corrected chi connectivity index (χ0v) is 18.2. The molecule has 2 rings (SSSR count). The molecule has 0 saturated carbocycles. The molecule has 0 bridgehead atoms. The van der Waals surface area contributed by atoms with Gasteiger partial charge in [-0.2, -0.15) is 0 Å². The minimum atomic E-state index is -1.10. The number of nitrogens with one attached hydrogen (secondary N) is 2. The first-order chi connectivity index (χ1) is 14.0. The molecule has 0 aliphatic carbocycles. The highest BCUT2D eigenvalue weighted by Gasteiger charge is 2.32. The molecular formula is C22H26ClN3O4. The van der Waals surface area contributed by atoms with Crippen molar-refractivity contribution in [3.8, 4) is 0 Å². The van der Waals surface area contributed by atoms with E-state index in [9.17, 15) is 19.5 Å². The molecule has 2 aromatic rings. The molecule has 0 fully saturated rings. The van der Waals surface area contributed by atoms with Gasteiger partial charge in [0.15, 0.2) is 0 Å². The second-order valence-electron chi connectivity index (χ2n) is 7.91. The lowest BCUT2D eigenvalue weighted by atomic mass is 10.0. The number of amides is 3. The van der Waals surface area contributed by atoms with Crippen LogP contribution < -0.4 is 10.6 Å². The van der Waals surface area contributed by atoms with E-state index in [2.05, 4.69) is 10.6 Å². The number of benzene rings is 2. The molecule has 3 amide bonds. The molecular weight excluding hydrogens is 406 g/mol. The number of hydrogen-bond acceptors (Lipinski definition) is 3. The smallest absolute Gasteiger partial charge is 0.407 e. The van der Waals surface area contributed by atoms with Crippen molar-refractivity contribution < 1.29 is 19.5 Å². The molecule has 30 heavy (non-hydrogen) atoms. The third kappa shape index (κ3) is 5.97. The van der Waals surface area contributed by atoms with Gasteiger partial charge in [-0.15, -0.1) is 0 Å². The third-order valence-electron chi connectivity index (χ3n) is 4.40. The highest BCUT2D eigenvalue weighted by molar-refractivity contribution is 6.35. The maximum absolute atomic E-state index is 12.8. The average Bonchev–Trinajstić information content (AvgIpc) is 2.60. The Morgan fingerprint density at radius 2 is 1.67 bits per heavy atom. The molecule has 1 unspecified atom stereocenters. The highest BCUT2D eigenvalue weighted by atomic mass is 35.5. The Hall–Kier alpha value is -3.06. The van der Waals surface area contributed by atoms with Crippen LogP contribution >= 0.6 is 11.6 Å². The predicted molar refractivity (Wildman–Crippen MR) is 118 cm³/mol. The number of nitrogens with zero attached hydrogens (tertiary/aromatic N) is 1. The minimum Gasteiger partial charge on any atom is -0.465 e. The van der Waals surface area contributed by atoms with Crippen LogP contribution in [0.5, 0.6) is 0 Å². The van der Waals surface area contributed by atoms with Gasteiger partial charge in [-0.3, -0.25) is 9.59 Å². The number of hydrogen-bond donors (Lipinski definition) is 3. The lowest BCUT2D eigenvalue weighted by Crippen LogP contribution is -2.51. The predicted octanol–water partition coefficient (Wildman–Crippen LogP) is 5.09. The number of carbonyl (C=O) groups is 3. The first-order valence-electron chi connectivity index (χ1n) is 9.47. The zero-order chi connectivity index (χ0) is 22.5. The van der Waals surface area contributed by atoms with Crippen molar-refractivity contribution >= 4 is 40.9 Å². The van der Waals surface area contributed by atoms with Gasteiger partial charge in [-0.1, -0.05) is 35.9 Å². The summed E-state index contributed by atoms with van der Waals surface area (Å²) in [5.41, 5.74) is 0.318. The summed E-state index contributed by atoms with van der Waals surface area (Å²) in [6.07, 6.45) is -1.18. The van der Waals surface area contributed by atoms with E-state index in [4.69, 9.17) is 11.6 Å². The van der Waals surface area contributed by atoms with E-state index in [0.717, 1.165) is 0 Å². The number of halogens is 1. The maximum Gasteiger partial charge on any atom is 0.407 e. The first kappa shape index (κ1) is 23.2. The van der Waals surface area contributed by atoms with Crippen molar-refractivity contribution in [3.63, 3.8) is 0 Å². The van der Waals surface area contributed by atoms with E-state index in [1.807, 2.05) is 6.07 Å². The Bertz CT molecular complexity index is 926. The van der Waals surface area contributed by atoms with Gasteiger partial charge in [-0.05, 0) is 52.0 Å². The van der Waals surface area contributed by atoms with Crippen LogP contribution in [0.25, 0.3) is 0 Å². The van der Waals surface area contributed by atoms with E-state index < -0.39 is 29.5 Å². The highest BCUT2D eigenvalue weighted by Crippen LogP contribution is 2.26. The third-order valence-corrected chi connectivity index (χ3v) is 4.71. The Labute approximate surface area is 181 Å². The summed E-state index contributed by atoms with van der Waals surface area (Å²) >= 11 is 6.23. The summed E-state index contributed by atoms with van der Waals surface area (Å²) in [4.78, 5) is 38.2. The standard InChI is InChI=1S/C22H26ClN3O4/c1-14(26(21(29)30)22(2,3)4)13-18(27)25-17-12-8-11-16(23)19(17)20(28)24-15-9-6-5-7-10-15/h5-12,14H,13H2,1-4H3,(H,24,28)(H,25,27)(H,29,30). The molecule has 0 aliphatic rings. The van der Waals surface area contributed by atoms with Crippen LogP contribution in [0.2, 0.25) is 5.02 Å². The molecule has 0 aromatic heterocycles. The Morgan fingerprint density at radius 3 is 2.23 bits per heavy atom. The summed E-state index contributed by atoms with van der Waals surface area (Å²) in [6, 6.07) is 13.1. The maximum atomic E-state index is 12.8. The molecule has 0 radical (unpaired) electrons.